The van der Waals surface area contributed by atoms with Crippen molar-refractivity contribution in [3.05, 3.63) is 108 Å². The zero-order valence-electron chi connectivity index (χ0n) is 24.7. The fraction of sp³-hybridized carbons (Fsp3) is 0.229. The minimum atomic E-state index is -1.64. The maximum atomic E-state index is 15.3. The summed E-state index contributed by atoms with van der Waals surface area (Å²) in [6, 6.07) is 17.6. The fourth-order valence-corrected chi connectivity index (χ4v) is 7.56. The van der Waals surface area contributed by atoms with E-state index in [0.717, 1.165) is 18.9 Å². The Balaban J connectivity index is 1.64. The number of rotatable bonds is 10. The summed E-state index contributed by atoms with van der Waals surface area (Å²) in [7, 11) is -1.64. The first-order valence-corrected chi connectivity index (χ1v) is 17.3. The second-order valence-corrected chi connectivity index (χ2v) is 16.2. The number of benzene rings is 4. The molecular weight excluding hydrogens is 572 g/mol. The lowest BCUT2D eigenvalue weighted by atomic mass is 9.95. The average Bonchev–Trinajstić information content (AvgIpc) is 2.98. The molecule has 0 aliphatic carbocycles. The molecule has 0 radical (unpaired) electrons. The van der Waals surface area contributed by atoms with E-state index in [0.29, 0.717) is 5.56 Å². The molecule has 0 saturated heterocycles. The van der Waals surface area contributed by atoms with Crippen LogP contribution < -0.4 is 5.19 Å². The monoisotopic (exact) mass is 606 g/mol. The first-order valence-electron chi connectivity index (χ1n) is 14.1. The highest BCUT2D eigenvalue weighted by atomic mass is 28.3. The summed E-state index contributed by atoms with van der Waals surface area (Å²) >= 11 is 0. The predicted molar refractivity (Wildman–Crippen MR) is 166 cm³/mol. The number of carbonyl (C=O) groups excluding carboxylic acids is 1. The van der Waals surface area contributed by atoms with Crippen molar-refractivity contribution < 1.29 is 32.2 Å². The Morgan fingerprint density at radius 2 is 1.28 bits per heavy atom. The van der Waals surface area contributed by atoms with Crippen LogP contribution >= 0.6 is 0 Å². The number of halogens is 4. The summed E-state index contributed by atoms with van der Waals surface area (Å²) in [5.41, 5.74) is 0.0279. The van der Waals surface area contributed by atoms with Crippen molar-refractivity contribution in [2.24, 2.45) is 0 Å². The molecule has 3 nitrogen and oxygen atoms in total. The van der Waals surface area contributed by atoms with Crippen LogP contribution in [-0.2, 0) is 16.1 Å². The van der Waals surface area contributed by atoms with Gasteiger partial charge in [0.15, 0.2) is 23.3 Å². The van der Waals surface area contributed by atoms with E-state index in [2.05, 4.69) is 26.6 Å². The fourth-order valence-electron chi connectivity index (χ4n) is 4.96. The number of ether oxygens (including phenoxy) is 1. The molecule has 224 valence electrons. The summed E-state index contributed by atoms with van der Waals surface area (Å²) in [5.74, 6) is -5.93. The zero-order valence-corrected chi connectivity index (χ0v) is 25.7. The average molecular weight is 607 g/mol. The van der Waals surface area contributed by atoms with Crippen LogP contribution in [0.1, 0.15) is 32.3 Å². The molecule has 0 aromatic heterocycles. The molecule has 0 spiro atoms. The highest BCUT2D eigenvalue weighted by Crippen LogP contribution is 2.37. The minimum Gasteiger partial charge on any atom is -0.508 e. The Labute approximate surface area is 250 Å². The number of esters is 1. The summed E-state index contributed by atoms with van der Waals surface area (Å²) < 4.78 is 66.4. The van der Waals surface area contributed by atoms with Crippen molar-refractivity contribution in [1.29, 1.82) is 0 Å². The van der Waals surface area contributed by atoms with Crippen LogP contribution in [0.2, 0.25) is 19.1 Å². The summed E-state index contributed by atoms with van der Waals surface area (Å²) in [6.07, 6.45) is 2.26. The maximum absolute atomic E-state index is 15.3. The molecule has 0 atom stereocenters. The molecule has 4 aromatic rings. The third-order valence-corrected chi connectivity index (χ3v) is 11.2. The van der Waals surface area contributed by atoms with Gasteiger partial charge in [0.2, 0.25) is 0 Å². The Kier molecular flexibility index (Phi) is 9.60. The molecule has 0 unspecified atom stereocenters. The summed E-state index contributed by atoms with van der Waals surface area (Å²) in [4.78, 5) is 11.7. The molecule has 1 N–H and O–H groups in total. The van der Waals surface area contributed by atoms with Crippen LogP contribution in [0.5, 0.6) is 5.75 Å². The van der Waals surface area contributed by atoms with Crippen molar-refractivity contribution in [3.8, 4) is 39.1 Å². The van der Waals surface area contributed by atoms with E-state index in [1.54, 1.807) is 12.1 Å². The molecule has 0 fully saturated rings. The van der Waals surface area contributed by atoms with Crippen molar-refractivity contribution in [2.45, 2.75) is 52.4 Å². The largest absolute Gasteiger partial charge is 0.508 e. The molecule has 0 aliphatic rings. The molecule has 0 bridgehead atoms. The van der Waals surface area contributed by atoms with Gasteiger partial charge in [-0.05, 0) is 30.2 Å². The number of phenolic OH excluding ortho intramolecular Hbond substituents is 1. The molecule has 0 saturated carbocycles. The van der Waals surface area contributed by atoms with Crippen LogP contribution in [0.3, 0.4) is 0 Å². The molecule has 43 heavy (non-hydrogen) atoms. The van der Waals surface area contributed by atoms with E-state index < -0.39 is 48.4 Å². The van der Waals surface area contributed by atoms with Gasteiger partial charge in [-0.2, -0.15) is 0 Å². The molecule has 0 heterocycles. The number of hydrogen-bond acceptors (Lipinski definition) is 3. The first-order chi connectivity index (χ1) is 20.4. The van der Waals surface area contributed by atoms with Crippen LogP contribution in [-0.4, -0.2) is 19.1 Å². The molecule has 8 heteroatoms. The minimum absolute atomic E-state index is 0.0299. The van der Waals surface area contributed by atoms with Gasteiger partial charge in [-0.25, -0.2) is 22.4 Å². The Hall–Kier alpha value is -4.17. The number of phenols is 1. The van der Waals surface area contributed by atoms with Crippen molar-refractivity contribution in [2.75, 3.05) is 0 Å². The zero-order chi connectivity index (χ0) is 31.5. The highest BCUT2D eigenvalue weighted by Gasteiger charge is 2.24. The van der Waals surface area contributed by atoms with Gasteiger partial charge in [-0.3, -0.25) is 0 Å². The molecular formula is C35H34F4O3Si. The number of unbranched alkanes of at least 4 members (excludes halogenated alkanes) is 1. The molecule has 0 amide bonds. The van der Waals surface area contributed by atoms with Gasteiger partial charge >= 0.3 is 5.97 Å². The predicted octanol–water partition coefficient (Wildman–Crippen LogP) is 9.28. The lowest BCUT2D eigenvalue weighted by Crippen LogP contribution is -2.40. The van der Waals surface area contributed by atoms with Gasteiger partial charge in [0.05, 0.1) is 8.07 Å². The molecule has 4 rings (SSSR count). The molecule has 4 aromatic carbocycles. The topological polar surface area (TPSA) is 46.5 Å². The number of hydrogen-bond donors (Lipinski definition) is 1. The number of aromatic hydroxyl groups is 1. The van der Waals surface area contributed by atoms with Crippen LogP contribution in [0.4, 0.5) is 17.6 Å². The third-order valence-electron chi connectivity index (χ3n) is 7.69. The van der Waals surface area contributed by atoms with Crippen molar-refractivity contribution in [1.82, 2.24) is 0 Å². The Bertz CT molecular complexity index is 1680. The normalized spacial score (nSPS) is 11.4. The summed E-state index contributed by atoms with van der Waals surface area (Å²) in [5, 5.41) is 11.4. The van der Waals surface area contributed by atoms with Crippen LogP contribution in [0, 0.1) is 23.3 Å². The lowest BCUT2D eigenvalue weighted by Gasteiger charge is -2.23. The summed E-state index contributed by atoms with van der Waals surface area (Å²) in [6.45, 7) is 11.4. The van der Waals surface area contributed by atoms with E-state index in [4.69, 9.17) is 4.74 Å². The Morgan fingerprint density at radius 3 is 1.81 bits per heavy atom. The van der Waals surface area contributed by atoms with Gasteiger partial charge in [0.25, 0.3) is 0 Å². The number of carbonyl (C=O) groups is 1. The third kappa shape index (κ3) is 6.75. The van der Waals surface area contributed by atoms with Gasteiger partial charge in [0, 0.05) is 33.4 Å². The van der Waals surface area contributed by atoms with Gasteiger partial charge in [0.1, 0.15) is 12.4 Å². The highest BCUT2D eigenvalue weighted by molar-refractivity contribution is 6.89. The van der Waals surface area contributed by atoms with Crippen molar-refractivity contribution >= 4 is 19.2 Å². The van der Waals surface area contributed by atoms with Gasteiger partial charge in [-0.1, -0.05) is 105 Å². The van der Waals surface area contributed by atoms with Crippen LogP contribution in [0.15, 0.2) is 78.9 Å². The SMILES string of the molecule is C=C(C)C(=O)OCc1cc(-c2ccc(-c3ccc(-c4ccc([Si](C)(C)CCCC)cc4)c(F)c3F)c(F)c2F)ccc1O. The van der Waals surface area contributed by atoms with E-state index in [9.17, 15) is 9.90 Å². The van der Waals surface area contributed by atoms with Crippen molar-refractivity contribution in [3.63, 3.8) is 0 Å². The smallest absolute Gasteiger partial charge is 0.333 e. The second-order valence-electron chi connectivity index (χ2n) is 11.3. The van der Waals surface area contributed by atoms with Gasteiger partial charge < -0.3 is 9.84 Å². The van der Waals surface area contributed by atoms with Crippen LogP contribution in [0.25, 0.3) is 33.4 Å². The van der Waals surface area contributed by atoms with E-state index in [-0.39, 0.29) is 40.2 Å². The van der Waals surface area contributed by atoms with Gasteiger partial charge in [-0.15, -0.1) is 0 Å². The van der Waals surface area contributed by atoms with E-state index >= 15 is 17.6 Å². The first kappa shape index (κ1) is 31.8. The lowest BCUT2D eigenvalue weighted by molar-refractivity contribution is -0.140. The maximum Gasteiger partial charge on any atom is 0.333 e. The standard InChI is InChI=1S/C35H34F4O3Si/c1-6-7-18-43(4,5)25-11-8-22(9-12-25)26-13-15-28(33(38)31(26)36)29-16-14-27(32(37)34(29)39)23-10-17-30(40)24(19-23)20-42-35(41)21(2)3/h8-17,19,40H,2,6-7,18,20H2,1,3-5H3. The van der Waals surface area contributed by atoms with E-state index in [1.165, 1.54) is 54.6 Å². The Morgan fingerprint density at radius 1 is 0.791 bits per heavy atom. The van der Waals surface area contributed by atoms with E-state index in [1.807, 2.05) is 12.1 Å². The second kappa shape index (κ2) is 13.0. The molecule has 0 aliphatic heterocycles. The quantitative estimate of drug-likeness (QED) is 0.0847.